The lowest BCUT2D eigenvalue weighted by molar-refractivity contribution is -0.631. The van der Waals surface area contributed by atoms with E-state index >= 15 is 0 Å². The number of nitrogens with zero attached hydrogens (tertiary/aromatic N) is 1. The van der Waals surface area contributed by atoms with Gasteiger partial charge in [-0.25, -0.2) is 4.39 Å². The molecule has 20 heavy (non-hydrogen) atoms. The van der Waals surface area contributed by atoms with Gasteiger partial charge in [0.25, 0.3) is 0 Å². The summed E-state index contributed by atoms with van der Waals surface area (Å²) in [5, 5.41) is 1.05. The molecule has 2 heterocycles. The molecule has 0 unspecified atom stereocenters. The minimum atomic E-state index is -0.275. The fourth-order valence-corrected chi connectivity index (χ4v) is 3.07. The van der Waals surface area contributed by atoms with Crippen LogP contribution in [-0.4, -0.2) is 6.79 Å². The second kappa shape index (κ2) is 3.96. The first kappa shape index (κ1) is 11.7. The minimum Gasteiger partial charge on any atom is -0.454 e. The van der Waals surface area contributed by atoms with Crippen molar-refractivity contribution in [3.8, 4) is 22.8 Å². The number of aryl methyl sites for hydroxylation is 1. The fourth-order valence-electron chi connectivity index (χ4n) is 2.75. The molecule has 0 atom stereocenters. The molecule has 0 aromatic heterocycles. The number of halogens is 2. The third-order valence-corrected chi connectivity index (χ3v) is 3.93. The van der Waals surface area contributed by atoms with Gasteiger partial charge in [0.2, 0.25) is 18.0 Å². The number of hydrogen-bond donors (Lipinski definition) is 0. The smallest absolute Gasteiger partial charge is 0.232 e. The van der Waals surface area contributed by atoms with Gasteiger partial charge in [-0.2, -0.15) is 4.57 Å². The molecule has 5 heteroatoms. The zero-order chi connectivity index (χ0) is 13.9. The number of rotatable bonds is 0. The fraction of sp³-hybridized carbons (Fsp3) is 0.133. The summed E-state index contributed by atoms with van der Waals surface area (Å²) in [5.41, 5.74) is 2.27. The average Bonchev–Trinajstić information content (AvgIpc) is 2.92. The monoisotopic (exact) mass is 290 g/mol. The Morgan fingerprint density at radius 3 is 2.75 bits per heavy atom. The van der Waals surface area contributed by atoms with Crippen LogP contribution in [0.3, 0.4) is 0 Å². The number of benzene rings is 1. The van der Waals surface area contributed by atoms with Crippen LogP contribution in [-0.2, 0) is 7.05 Å². The highest BCUT2D eigenvalue weighted by Gasteiger charge is 2.30. The van der Waals surface area contributed by atoms with Crippen molar-refractivity contribution in [2.45, 2.75) is 0 Å². The lowest BCUT2D eigenvalue weighted by atomic mass is 10.1. The predicted octanol–water partition coefficient (Wildman–Crippen LogP) is 3.29. The Kier molecular flexibility index (Phi) is 2.32. The van der Waals surface area contributed by atoms with Crippen LogP contribution >= 0.6 is 11.6 Å². The van der Waals surface area contributed by atoms with Crippen LogP contribution in [0.5, 0.6) is 11.5 Å². The highest BCUT2D eigenvalue weighted by molar-refractivity contribution is 6.33. The largest absolute Gasteiger partial charge is 0.454 e. The van der Waals surface area contributed by atoms with Crippen LogP contribution in [0.2, 0.25) is 5.02 Å². The molecule has 0 radical (unpaired) electrons. The molecule has 1 aromatic carbocycles. The molecule has 0 saturated carbocycles. The maximum Gasteiger partial charge on any atom is 0.232 e. The molecule has 0 amide bonds. The van der Waals surface area contributed by atoms with Crippen molar-refractivity contribution in [2.24, 2.45) is 7.05 Å². The van der Waals surface area contributed by atoms with Crippen LogP contribution in [0.1, 0.15) is 0 Å². The molecule has 0 fully saturated rings. The quantitative estimate of drug-likeness (QED) is 0.593. The second-order valence-electron chi connectivity index (χ2n) is 4.73. The summed E-state index contributed by atoms with van der Waals surface area (Å²) in [6, 6.07) is 8.50. The zero-order valence-electron chi connectivity index (χ0n) is 10.6. The molecular weight excluding hydrogens is 281 g/mol. The van der Waals surface area contributed by atoms with Crippen molar-refractivity contribution in [3.05, 3.63) is 41.2 Å². The van der Waals surface area contributed by atoms with Gasteiger partial charge in [-0.15, -0.1) is 0 Å². The predicted molar refractivity (Wildman–Crippen MR) is 72.8 cm³/mol. The van der Waals surface area contributed by atoms with Crippen molar-refractivity contribution >= 4 is 22.5 Å². The Morgan fingerprint density at radius 1 is 1.20 bits per heavy atom. The summed E-state index contributed by atoms with van der Waals surface area (Å²) in [7, 11) is 1.86. The maximum atomic E-state index is 14.2. The normalized spacial score (nSPS) is 13.3. The van der Waals surface area contributed by atoms with Crippen LogP contribution in [0.15, 0.2) is 30.3 Å². The number of ether oxygens (including phenoxy) is 2. The van der Waals surface area contributed by atoms with Crippen LogP contribution in [0, 0.1) is 5.82 Å². The SMILES string of the molecule is C[n+]1c2c(Cl)cc3c(cc-2c2c(F)cccc21)OCO3. The van der Waals surface area contributed by atoms with Crippen LogP contribution in [0.4, 0.5) is 4.39 Å². The van der Waals surface area contributed by atoms with Gasteiger partial charge < -0.3 is 9.47 Å². The van der Waals surface area contributed by atoms with E-state index in [1.54, 1.807) is 18.2 Å². The topological polar surface area (TPSA) is 22.3 Å². The van der Waals surface area contributed by atoms with Gasteiger partial charge in [-0.1, -0.05) is 17.7 Å². The summed E-state index contributed by atoms with van der Waals surface area (Å²) >= 11 is 6.38. The standard InChI is InChI=1S/C15H10ClFNO2/c1-18-11-4-2-3-10(17)14(11)8-5-12-13(20-7-19-12)6-9(16)15(8)18/h2-6H,7H2,1H3/q+1. The summed E-state index contributed by atoms with van der Waals surface area (Å²) in [6.45, 7) is 0.157. The summed E-state index contributed by atoms with van der Waals surface area (Å²) in [5.74, 6) is 0.886. The van der Waals surface area contributed by atoms with Gasteiger partial charge in [0.15, 0.2) is 11.5 Å². The molecule has 0 bridgehead atoms. The van der Waals surface area contributed by atoms with Crippen LogP contribution < -0.4 is 14.0 Å². The Hall–Kier alpha value is -2.07. The molecule has 0 spiro atoms. The molecular formula is C15H10ClFNO2+. The van der Waals surface area contributed by atoms with E-state index in [9.17, 15) is 4.39 Å². The Bertz CT molecular complexity index is 834. The minimum absolute atomic E-state index is 0.157. The Morgan fingerprint density at radius 2 is 1.95 bits per heavy atom. The van der Waals surface area contributed by atoms with E-state index in [1.165, 1.54) is 6.07 Å². The summed E-state index contributed by atoms with van der Waals surface area (Å²) in [6.07, 6.45) is 0. The Labute approximate surface area is 119 Å². The van der Waals surface area contributed by atoms with Crippen LogP contribution in [0.25, 0.3) is 22.2 Å². The molecule has 0 saturated heterocycles. The van der Waals surface area contributed by atoms with Crippen molar-refractivity contribution in [2.75, 3.05) is 6.79 Å². The third kappa shape index (κ3) is 1.42. The number of fused-ring (bicyclic) bond motifs is 4. The highest BCUT2D eigenvalue weighted by atomic mass is 35.5. The molecule has 2 aliphatic heterocycles. The lowest BCUT2D eigenvalue weighted by Gasteiger charge is -1.93. The van der Waals surface area contributed by atoms with Gasteiger partial charge in [-0.05, 0) is 12.1 Å². The van der Waals surface area contributed by atoms with Crippen molar-refractivity contribution in [1.82, 2.24) is 0 Å². The van der Waals surface area contributed by atoms with Gasteiger partial charge in [-0.3, -0.25) is 0 Å². The molecule has 1 aliphatic carbocycles. The number of aromatic nitrogens is 1. The summed E-state index contributed by atoms with van der Waals surface area (Å²) < 4.78 is 26.8. The second-order valence-corrected chi connectivity index (χ2v) is 5.13. The van der Waals surface area contributed by atoms with E-state index in [0.29, 0.717) is 21.9 Å². The molecule has 100 valence electrons. The van der Waals surface area contributed by atoms with E-state index in [4.69, 9.17) is 21.1 Å². The van der Waals surface area contributed by atoms with Crippen molar-refractivity contribution < 1.29 is 18.4 Å². The molecule has 3 nitrogen and oxygen atoms in total. The van der Waals surface area contributed by atoms with E-state index in [1.807, 2.05) is 17.7 Å². The van der Waals surface area contributed by atoms with E-state index in [0.717, 1.165) is 16.8 Å². The molecule has 3 aliphatic rings. The first-order chi connectivity index (χ1) is 9.66. The lowest BCUT2D eigenvalue weighted by Crippen LogP contribution is -2.28. The third-order valence-electron chi connectivity index (χ3n) is 3.64. The molecule has 0 N–H and O–H groups in total. The van der Waals surface area contributed by atoms with Gasteiger partial charge in [0.1, 0.15) is 17.9 Å². The first-order valence-electron chi connectivity index (χ1n) is 6.16. The summed E-state index contributed by atoms with van der Waals surface area (Å²) in [4.78, 5) is 0. The van der Waals surface area contributed by atoms with E-state index in [2.05, 4.69) is 0 Å². The first-order valence-corrected chi connectivity index (χ1v) is 6.53. The average molecular weight is 291 g/mol. The van der Waals surface area contributed by atoms with E-state index < -0.39 is 0 Å². The van der Waals surface area contributed by atoms with Gasteiger partial charge in [0, 0.05) is 12.1 Å². The molecule has 4 rings (SSSR count). The maximum absolute atomic E-state index is 14.2. The highest BCUT2D eigenvalue weighted by Crippen LogP contribution is 2.42. The molecule has 1 aromatic rings. The van der Waals surface area contributed by atoms with Gasteiger partial charge >= 0.3 is 0 Å². The van der Waals surface area contributed by atoms with Crippen molar-refractivity contribution in [3.63, 3.8) is 0 Å². The number of hydrogen-bond acceptors (Lipinski definition) is 2. The van der Waals surface area contributed by atoms with E-state index in [-0.39, 0.29) is 12.6 Å². The van der Waals surface area contributed by atoms with Gasteiger partial charge in [0.05, 0.1) is 10.9 Å². The van der Waals surface area contributed by atoms with Crippen molar-refractivity contribution in [1.29, 1.82) is 0 Å². The Balaban J connectivity index is 2.25. The zero-order valence-corrected chi connectivity index (χ0v) is 11.4.